The Morgan fingerprint density at radius 2 is 1.94 bits per heavy atom. The molecule has 18 heavy (non-hydrogen) atoms. The van der Waals surface area contributed by atoms with Crippen molar-refractivity contribution >= 4 is 31.9 Å². The maximum atomic E-state index is 12.7. The summed E-state index contributed by atoms with van der Waals surface area (Å²) in [6.45, 7) is 1.23. The molecule has 0 aliphatic rings. The molecule has 0 saturated carbocycles. The van der Waals surface area contributed by atoms with Gasteiger partial charge in [-0.2, -0.15) is 4.98 Å². The van der Waals surface area contributed by atoms with Gasteiger partial charge in [0, 0.05) is 13.0 Å². The van der Waals surface area contributed by atoms with Crippen LogP contribution in [0, 0.1) is 5.82 Å². The van der Waals surface area contributed by atoms with Gasteiger partial charge in [-0.3, -0.25) is 0 Å². The SMILES string of the molecule is Fc1ccc(OCCCn2nc(Br)nc2Br)cc1. The van der Waals surface area contributed by atoms with Gasteiger partial charge < -0.3 is 4.74 Å². The summed E-state index contributed by atoms with van der Waals surface area (Å²) in [7, 11) is 0. The maximum Gasteiger partial charge on any atom is 0.218 e. The first-order chi connectivity index (χ1) is 8.65. The minimum Gasteiger partial charge on any atom is -0.494 e. The molecule has 2 aromatic rings. The third-order valence-corrected chi connectivity index (χ3v) is 3.12. The molecule has 0 radical (unpaired) electrons. The van der Waals surface area contributed by atoms with E-state index >= 15 is 0 Å². The molecule has 1 aromatic carbocycles. The summed E-state index contributed by atoms with van der Waals surface area (Å²) in [6.07, 6.45) is 0.784. The molecule has 96 valence electrons. The minimum atomic E-state index is -0.265. The third kappa shape index (κ3) is 3.78. The standard InChI is InChI=1S/C11H10Br2FN3O/c12-10-15-11(13)17(16-10)6-1-7-18-9-4-2-8(14)3-5-9/h2-5H,1,6-7H2. The van der Waals surface area contributed by atoms with Crippen molar-refractivity contribution in [3.8, 4) is 5.75 Å². The topological polar surface area (TPSA) is 39.9 Å². The van der Waals surface area contributed by atoms with Crippen molar-refractivity contribution in [2.24, 2.45) is 0 Å². The molecular formula is C11H10Br2FN3O. The van der Waals surface area contributed by atoms with Crippen molar-refractivity contribution in [2.45, 2.75) is 13.0 Å². The van der Waals surface area contributed by atoms with Crippen molar-refractivity contribution in [3.05, 3.63) is 39.6 Å². The largest absolute Gasteiger partial charge is 0.494 e. The van der Waals surface area contributed by atoms with Crippen molar-refractivity contribution in [2.75, 3.05) is 6.61 Å². The molecule has 0 saturated heterocycles. The predicted octanol–water partition coefficient (Wildman–Crippen LogP) is 3.41. The number of aromatic nitrogens is 3. The Morgan fingerprint density at radius 1 is 1.22 bits per heavy atom. The molecular weight excluding hydrogens is 369 g/mol. The lowest BCUT2D eigenvalue weighted by molar-refractivity contribution is 0.297. The number of aryl methyl sites for hydroxylation is 1. The fraction of sp³-hybridized carbons (Fsp3) is 0.273. The van der Waals surface area contributed by atoms with Gasteiger partial charge in [-0.25, -0.2) is 9.07 Å². The van der Waals surface area contributed by atoms with Crippen molar-refractivity contribution < 1.29 is 9.13 Å². The van der Waals surface area contributed by atoms with Gasteiger partial charge >= 0.3 is 0 Å². The van der Waals surface area contributed by atoms with Gasteiger partial charge in [-0.1, -0.05) is 0 Å². The van der Waals surface area contributed by atoms with Crippen LogP contribution >= 0.6 is 31.9 Å². The second-order valence-electron chi connectivity index (χ2n) is 3.53. The van der Waals surface area contributed by atoms with E-state index in [1.807, 2.05) is 0 Å². The van der Waals surface area contributed by atoms with Crippen LogP contribution < -0.4 is 4.74 Å². The number of nitrogens with zero attached hydrogens (tertiary/aromatic N) is 3. The normalized spacial score (nSPS) is 10.6. The number of ether oxygens (including phenoxy) is 1. The quantitative estimate of drug-likeness (QED) is 0.748. The molecule has 4 nitrogen and oxygen atoms in total. The number of hydrogen-bond donors (Lipinski definition) is 0. The zero-order chi connectivity index (χ0) is 13.0. The number of halogens is 3. The fourth-order valence-electron chi connectivity index (χ4n) is 1.37. The van der Waals surface area contributed by atoms with Crippen molar-refractivity contribution in [1.82, 2.24) is 14.8 Å². The van der Waals surface area contributed by atoms with E-state index in [-0.39, 0.29) is 5.82 Å². The van der Waals surface area contributed by atoms with Crippen LogP contribution in [-0.2, 0) is 6.54 Å². The molecule has 0 spiro atoms. The van der Waals surface area contributed by atoms with E-state index in [1.165, 1.54) is 12.1 Å². The molecule has 0 N–H and O–H groups in total. The Bertz CT molecular complexity index is 516. The highest BCUT2D eigenvalue weighted by atomic mass is 79.9. The van der Waals surface area contributed by atoms with Gasteiger partial charge in [-0.15, -0.1) is 5.10 Å². The van der Waals surface area contributed by atoms with Gasteiger partial charge in [0.1, 0.15) is 11.6 Å². The van der Waals surface area contributed by atoms with E-state index in [2.05, 4.69) is 41.9 Å². The van der Waals surface area contributed by atoms with Gasteiger partial charge in [-0.05, 0) is 56.1 Å². The van der Waals surface area contributed by atoms with Crippen molar-refractivity contribution in [3.63, 3.8) is 0 Å². The Balaban J connectivity index is 1.76. The van der Waals surface area contributed by atoms with Gasteiger partial charge in [0.15, 0.2) is 4.73 Å². The van der Waals surface area contributed by atoms with E-state index in [0.29, 0.717) is 28.4 Å². The molecule has 0 unspecified atom stereocenters. The molecule has 2 rings (SSSR count). The minimum absolute atomic E-state index is 0.265. The number of rotatable bonds is 5. The van der Waals surface area contributed by atoms with E-state index in [9.17, 15) is 4.39 Å². The zero-order valence-electron chi connectivity index (χ0n) is 9.31. The van der Waals surface area contributed by atoms with Crippen LogP contribution in [0.5, 0.6) is 5.75 Å². The summed E-state index contributed by atoms with van der Waals surface area (Å²) >= 11 is 6.49. The van der Waals surface area contributed by atoms with Crippen molar-refractivity contribution in [1.29, 1.82) is 0 Å². The molecule has 7 heteroatoms. The lowest BCUT2D eigenvalue weighted by atomic mass is 10.3. The summed E-state index contributed by atoms with van der Waals surface area (Å²) in [5.41, 5.74) is 0. The lowest BCUT2D eigenvalue weighted by Gasteiger charge is -2.06. The van der Waals surface area contributed by atoms with Crippen LogP contribution in [0.3, 0.4) is 0 Å². The van der Waals surface area contributed by atoms with Crippen LogP contribution in [0.2, 0.25) is 0 Å². The predicted molar refractivity (Wildman–Crippen MR) is 71.9 cm³/mol. The first kappa shape index (κ1) is 13.5. The molecule has 1 heterocycles. The molecule has 0 fully saturated rings. The summed E-state index contributed by atoms with van der Waals surface area (Å²) in [6, 6.07) is 5.97. The van der Waals surface area contributed by atoms with E-state index < -0.39 is 0 Å². The monoisotopic (exact) mass is 377 g/mol. The molecule has 0 aliphatic carbocycles. The molecule has 1 aromatic heterocycles. The highest BCUT2D eigenvalue weighted by Crippen LogP contribution is 2.13. The average molecular weight is 379 g/mol. The van der Waals surface area contributed by atoms with Gasteiger partial charge in [0.25, 0.3) is 0 Å². The van der Waals surface area contributed by atoms with Gasteiger partial charge in [0.05, 0.1) is 6.61 Å². The zero-order valence-corrected chi connectivity index (χ0v) is 12.5. The Morgan fingerprint density at radius 3 is 2.56 bits per heavy atom. The molecule has 0 atom stereocenters. The number of hydrogen-bond acceptors (Lipinski definition) is 3. The average Bonchev–Trinajstić information content (AvgIpc) is 2.66. The summed E-state index contributed by atoms with van der Waals surface area (Å²) in [5, 5.41) is 4.14. The summed E-state index contributed by atoms with van der Waals surface area (Å²) in [5.74, 6) is 0.397. The third-order valence-electron chi connectivity index (χ3n) is 2.20. The first-order valence-corrected chi connectivity index (χ1v) is 6.88. The second kappa shape index (κ2) is 6.29. The highest BCUT2D eigenvalue weighted by Gasteiger charge is 2.04. The van der Waals surface area contributed by atoms with E-state index in [1.54, 1.807) is 16.8 Å². The fourth-order valence-corrected chi connectivity index (χ4v) is 2.40. The Labute approximate surface area is 120 Å². The Hall–Kier alpha value is -0.950. The maximum absolute atomic E-state index is 12.7. The number of benzene rings is 1. The summed E-state index contributed by atoms with van der Waals surface area (Å²) < 4.78 is 21.1. The Kier molecular flexibility index (Phi) is 4.71. The van der Waals surface area contributed by atoms with Crippen LogP contribution in [0.1, 0.15) is 6.42 Å². The molecule has 0 amide bonds. The van der Waals surface area contributed by atoms with Crippen LogP contribution in [0.4, 0.5) is 4.39 Å². The van der Waals surface area contributed by atoms with E-state index in [4.69, 9.17) is 4.74 Å². The molecule has 0 bridgehead atoms. The second-order valence-corrected chi connectivity index (χ2v) is 4.95. The lowest BCUT2D eigenvalue weighted by Crippen LogP contribution is -2.06. The van der Waals surface area contributed by atoms with Crippen LogP contribution in [0.15, 0.2) is 33.7 Å². The first-order valence-electron chi connectivity index (χ1n) is 5.29. The highest BCUT2D eigenvalue weighted by molar-refractivity contribution is 9.11. The van der Waals surface area contributed by atoms with E-state index in [0.717, 1.165) is 6.42 Å². The van der Waals surface area contributed by atoms with Gasteiger partial charge in [0.2, 0.25) is 4.73 Å². The van der Waals surface area contributed by atoms with Crippen LogP contribution in [0.25, 0.3) is 0 Å². The smallest absolute Gasteiger partial charge is 0.218 e. The summed E-state index contributed by atoms with van der Waals surface area (Å²) in [4.78, 5) is 4.06. The van der Waals surface area contributed by atoms with Crippen LogP contribution in [-0.4, -0.2) is 21.4 Å². The molecule has 0 aliphatic heterocycles.